The number of fused-ring (bicyclic) bond motifs is 5. The Kier molecular flexibility index (Phi) is 1.12. The molecule has 1 aliphatic heterocycles. The standard InChI is InChI=1S/C10H16N2/c1-10(2)8-6-3-4-7(5-6)9(8)11-12-10/h6-9H,3-5H2,1-2H3/t6-,7+,8+,9-/m0/s1. The van der Waals surface area contributed by atoms with E-state index in [-0.39, 0.29) is 5.54 Å². The van der Waals surface area contributed by atoms with Crippen LogP contribution in [0.1, 0.15) is 33.1 Å². The van der Waals surface area contributed by atoms with Gasteiger partial charge in [-0.15, -0.1) is 0 Å². The van der Waals surface area contributed by atoms with Gasteiger partial charge in [0.05, 0.1) is 11.6 Å². The number of nitrogens with zero attached hydrogens (tertiary/aromatic N) is 2. The summed E-state index contributed by atoms with van der Waals surface area (Å²) in [6, 6.07) is 0.610. The molecule has 3 rings (SSSR count). The van der Waals surface area contributed by atoms with E-state index < -0.39 is 0 Å². The van der Waals surface area contributed by atoms with E-state index in [2.05, 4.69) is 24.1 Å². The van der Waals surface area contributed by atoms with Crippen LogP contribution in [0.25, 0.3) is 0 Å². The molecule has 0 unspecified atom stereocenters. The molecule has 0 aromatic carbocycles. The Balaban J connectivity index is 1.99. The van der Waals surface area contributed by atoms with Crippen molar-refractivity contribution in [2.75, 3.05) is 0 Å². The van der Waals surface area contributed by atoms with Crippen LogP contribution < -0.4 is 0 Å². The van der Waals surface area contributed by atoms with Gasteiger partial charge in [0.2, 0.25) is 0 Å². The number of azo groups is 1. The van der Waals surface area contributed by atoms with Crippen molar-refractivity contribution < 1.29 is 0 Å². The van der Waals surface area contributed by atoms with Crippen LogP contribution >= 0.6 is 0 Å². The molecule has 2 saturated carbocycles. The molecule has 0 N–H and O–H groups in total. The molecule has 2 fully saturated rings. The summed E-state index contributed by atoms with van der Waals surface area (Å²) in [6.07, 6.45) is 4.30. The van der Waals surface area contributed by atoms with Crippen molar-refractivity contribution in [2.24, 2.45) is 28.0 Å². The molecular weight excluding hydrogens is 148 g/mol. The molecule has 3 aliphatic rings. The molecule has 66 valence electrons. The first-order chi connectivity index (χ1) is 5.68. The first kappa shape index (κ1) is 7.05. The molecule has 0 amide bonds. The maximum Gasteiger partial charge on any atom is 0.0811 e. The highest BCUT2D eigenvalue weighted by atomic mass is 15.2. The van der Waals surface area contributed by atoms with Gasteiger partial charge in [-0.05, 0) is 44.9 Å². The van der Waals surface area contributed by atoms with Crippen LogP contribution in [-0.2, 0) is 0 Å². The molecule has 0 aromatic rings. The van der Waals surface area contributed by atoms with E-state index in [1.807, 2.05) is 0 Å². The van der Waals surface area contributed by atoms with Gasteiger partial charge in [0.1, 0.15) is 0 Å². The maximum atomic E-state index is 4.46. The molecule has 1 heterocycles. The molecule has 0 spiro atoms. The maximum absolute atomic E-state index is 4.46. The van der Waals surface area contributed by atoms with E-state index in [9.17, 15) is 0 Å². The van der Waals surface area contributed by atoms with Gasteiger partial charge in [-0.25, -0.2) is 0 Å². The first-order valence-corrected chi connectivity index (χ1v) is 5.10. The number of hydrogen-bond acceptors (Lipinski definition) is 2. The lowest BCUT2D eigenvalue weighted by atomic mass is 9.75. The van der Waals surface area contributed by atoms with Crippen molar-refractivity contribution in [1.29, 1.82) is 0 Å². The predicted molar refractivity (Wildman–Crippen MR) is 47.0 cm³/mol. The average Bonchev–Trinajstić information content (AvgIpc) is 2.61. The second kappa shape index (κ2) is 1.91. The summed E-state index contributed by atoms with van der Waals surface area (Å²) in [5.74, 6) is 2.63. The van der Waals surface area contributed by atoms with Gasteiger partial charge >= 0.3 is 0 Å². The van der Waals surface area contributed by atoms with E-state index in [4.69, 9.17) is 0 Å². The van der Waals surface area contributed by atoms with Crippen LogP contribution in [0, 0.1) is 17.8 Å². The highest BCUT2D eigenvalue weighted by Crippen LogP contribution is 2.57. The SMILES string of the molecule is CC1(C)N=N[C@H]2[C@@H]3CC[C@@H](C3)[C@H]21. The summed E-state index contributed by atoms with van der Waals surface area (Å²) in [5.41, 5.74) is 0.157. The fraction of sp³-hybridized carbons (Fsp3) is 1.00. The van der Waals surface area contributed by atoms with Crippen molar-refractivity contribution in [3.8, 4) is 0 Å². The average molecular weight is 164 g/mol. The van der Waals surface area contributed by atoms with Crippen molar-refractivity contribution in [1.82, 2.24) is 0 Å². The third-order valence-electron chi connectivity index (χ3n) is 4.14. The minimum atomic E-state index is 0.157. The summed E-state index contributed by atoms with van der Waals surface area (Å²) in [6.45, 7) is 4.50. The second-order valence-electron chi connectivity index (χ2n) is 5.22. The largest absolute Gasteiger partial charge is 0.190 e. The van der Waals surface area contributed by atoms with Crippen LogP contribution in [0.3, 0.4) is 0 Å². The lowest BCUT2D eigenvalue weighted by Crippen LogP contribution is -2.36. The quantitative estimate of drug-likeness (QED) is 0.526. The molecule has 2 aliphatic carbocycles. The monoisotopic (exact) mass is 164 g/mol. The molecule has 0 aromatic heterocycles. The fourth-order valence-electron chi connectivity index (χ4n) is 3.70. The van der Waals surface area contributed by atoms with Crippen LogP contribution in [0.5, 0.6) is 0 Å². The Hall–Kier alpha value is -0.400. The lowest BCUT2D eigenvalue weighted by Gasteiger charge is -2.30. The van der Waals surface area contributed by atoms with Crippen molar-refractivity contribution >= 4 is 0 Å². The third-order valence-corrected chi connectivity index (χ3v) is 4.14. The molecule has 0 radical (unpaired) electrons. The van der Waals surface area contributed by atoms with E-state index in [0.29, 0.717) is 6.04 Å². The zero-order chi connectivity index (χ0) is 8.34. The van der Waals surface area contributed by atoms with Gasteiger partial charge < -0.3 is 0 Å². The Morgan fingerprint density at radius 3 is 2.67 bits per heavy atom. The van der Waals surface area contributed by atoms with E-state index in [1.165, 1.54) is 19.3 Å². The van der Waals surface area contributed by atoms with Crippen LogP contribution in [0.4, 0.5) is 0 Å². The second-order valence-corrected chi connectivity index (χ2v) is 5.22. The van der Waals surface area contributed by atoms with E-state index in [1.54, 1.807) is 0 Å². The highest BCUT2D eigenvalue weighted by molar-refractivity contribution is 5.10. The molecular formula is C10H16N2. The summed E-state index contributed by atoms with van der Waals surface area (Å²) in [7, 11) is 0. The minimum absolute atomic E-state index is 0.157. The smallest absolute Gasteiger partial charge is 0.0811 e. The summed E-state index contributed by atoms with van der Waals surface area (Å²) >= 11 is 0. The molecule has 0 saturated heterocycles. The van der Waals surface area contributed by atoms with Crippen LogP contribution in [-0.4, -0.2) is 11.6 Å². The summed E-state index contributed by atoms with van der Waals surface area (Å²) in [4.78, 5) is 0. The Morgan fingerprint density at radius 2 is 1.92 bits per heavy atom. The summed E-state index contributed by atoms with van der Waals surface area (Å²) in [5, 5.41) is 8.88. The number of hydrogen-bond donors (Lipinski definition) is 0. The van der Waals surface area contributed by atoms with Gasteiger partial charge in [-0.3, -0.25) is 0 Å². The van der Waals surface area contributed by atoms with Crippen molar-refractivity contribution in [3.05, 3.63) is 0 Å². The third kappa shape index (κ3) is 0.668. The Labute approximate surface area is 73.5 Å². The summed E-state index contributed by atoms with van der Waals surface area (Å²) < 4.78 is 0. The van der Waals surface area contributed by atoms with Crippen molar-refractivity contribution in [3.63, 3.8) is 0 Å². The normalized spacial score (nSPS) is 53.2. The molecule has 12 heavy (non-hydrogen) atoms. The molecule has 2 heteroatoms. The number of rotatable bonds is 0. The molecule has 4 atom stereocenters. The van der Waals surface area contributed by atoms with Crippen LogP contribution in [0.15, 0.2) is 10.2 Å². The van der Waals surface area contributed by atoms with Gasteiger partial charge in [0.15, 0.2) is 0 Å². The Bertz CT molecular complexity index is 244. The van der Waals surface area contributed by atoms with Gasteiger partial charge in [0.25, 0.3) is 0 Å². The minimum Gasteiger partial charge on any atom is -0.190 e. The molecule has 2 nitrogen and oxygen atoms in total. The van der Waals surface area contributed by atoms with E-state index >= 15 is 0 Å². The van der Waals surface area contributed by atoms with Gasteiger partial charge in [0, 0.05) is 5.92 Å². The zero-order valence-corrected chi connectivity index (χ0v) is 7.83. The fourth-order valence-corrected chi connectivity index (χ4v) is 3.70. The first-order valence-electron chi connectivity index (χ1n) is 5.10. The van der Waals surface area contributed by atoms with Gasteiger partial charge in [-0.2, -0.15) is 10.2 Å². The predicted octanol–water partition coefficient (Wildman–Crippen LogP) is 2.65. The topological polar surface area (TPSA) is 24.7 Å². The zero-order valence-electron chi connectivity index (χ0n) is 7.83. The van der Waals surface area contributed by atoms with Crippen molar-refractivity contribution in [2.45, 2.75) is 44.7 Å². The lowest BCUT2D eigenvalue weighted by molar-refractivity contribution is 0.233. The Morgan fingerprint density at radius 1 is 1.17 bits per heavy atom. The molecule has 2 bridgehead atoms. The van der Waals surface area contributed by atoms with Crippen LogP contribution in [0.2, 0.25) is 0 Å². The van der Waals surface area contributed by atoms with E-state index in [0.717, 1.165) is 17.8 Å². The van der Waals surface area contributed by atoms with Gasteiger partial charge in [-0.1, -0.05) is 0 Å². The highest BCUT2D eigenvalue weighted by Gasteiger charge is 2.56.